The molecule has 0 radical (unpaired) electrons. The van der Waals surface area contributed by atoms with Gasteiger partial charge in [0.25, 0.3) is 5.91 Å². The molecule has 6 heteroatoms. The number of benzene rings is 2. The second-order valence-electron chi connectivity index (χ2n) is 6.23. The van der Waals surface area contributed by atoms with E-state index >= 15 is 0 Å². The smallest absolute Gasteiger partial charge is 0.329 e. The quantitative estimate of drug-likeness (QED) is 0.858. The number of rotatable bonds is 5. The fourth-order valence-corrected chi connectivity index (χ4v) is 4.18. The van der Waals surface area contributed by atoms with Crippen LogP contribution in [0.15, 0.2) is 42.5 Å². The molecule has 1 heterocycles. The van der Waals surface area contributed by atoms with E-state index in [0.29, 0.717) is 18.6 Å². The van der Waals surface area contributed by atoms with Crippen LogP contribution in [0, 0.1) is 0 Å². The number of hydrogen-bond donors (Lipinski definition) is 2. The molecule has 1 aliphatic rings. The van der Waals surface area contributed by atoms with E-state index in [0.717, 1.165) is 22.3 Å². The van der Waals surface area contributed by atoms with Crippen molar-refractivity contribution >= 4 is 34.4 Å². The van der Waals surface area contributed by atoms with Crippen LogP contribution >= 0.6 is 11.8 Å². The Kier molecular flexibility index (Phi) is 5.18. The zero-order valence-electron chi connectivity index (χ0n) is 14.0. The molecule has 2 aromatic rings. The molecular weight excluding hydrogens is 338 g/mol. The highest BCUT2D eigenvalue weighted by Gasteiger charge is 2.42. The summed E-state index contributed by atoms with van der Waals surface area (Å²) < 4.78 is 5.85. The van der Waals surface area contributed by atoms with Gasteiger partial charge < -0.3 is 15.2 Å². The maximum absolute atomic E-state index is 12.6. The van der Waals surface area contributed by atoms with Crippen molar-refractivity contribution in [3.63, 3.8) is 0 Å². The third kappa shape index (κ3) is 3.74. The Balaban J connectivity index is 1.75. The molecular formula is C19H21NO4S. The van der Waals surface area contributed by atoms with E-state index in [9.17, 15) is 14.7 Å². The van der Waals surface area contributed by atoms with Crippen molar-refractivity contribution in [1.29, 1.82) is 0 Å². The van der Waals surface area contributed by atoms with Crippen LogP contribution in [0.1, 0.15) is 19.8 Å². The summed E-state index contributed by atoms with van der Waals surface area (Å²) in [6.45, 7) is 1.64. The minimum atomic E-state index is -1.18. The number of carboxylic acid groups (broad SMARTS) is 1. The zero-order chi connectivity index (χ0) is 17.9. The maximum Gasteiger partial charge on any atom is 0.329 e. The molecule has 132 valence electrons. The third-order valence-electron chi connectivity index (χ3n) is 4.54. The van der Waals surface area contributed by atoms with Crippen LogP contribution in [0.2, 0.25) is 0 Å². The number of ether oxygens (including phenoxy) is 1. The van der Waals surface area contributed by atoms with Crippen LogP contribution in [0.5, 0.6) is 5.75 Å². The lowest BCUT2D eigenvalue weighted by Gasteiger charge is -2.34. The van der Waals surface area contributed by atoms with Crippen molar-refractivity contribution in [2.75, 3.05) is 11.5 Å². The molecule has 3 rings (SSSR count). The Bertz CT molecular complexity index is 781. The number of thioether (sulfide) groups is 1. The molecule has 1 saturated heterocycles. The van der Waals surface area contributed by atoms with Crippen LogP contribution < -0.4 is 10.1 Å². The number of hydrogen-bond acceptors (Lipinski definition) is 4. The van der Waals surface area contributed by atoms with Crippen molar-refractivity contribution < 1.29 is 19.4 Å². The van der Waals surface area contributed by atoms with Crippen molar-refractivity contribution in [3.8, 4) is 5.75 Å². The van der Waals surface area contributed by atoms with Gasteiger partial charge in [-0.15, -0.1) is 0 Å². The topological polar surface area (TPSA) is 75.6 Å². The Labute approximate surface area is 150 Å². The van der Waals surface area contributed by atoms with Crippen LogP contribution in [-0.2, 0) is 9.59 Å². The summed E-state index contributed by atoms with van der Waals surface area (Å²) in [6, 6.07) is 13.4. The first kappa shape index (κ1) is 17.6. The van der Waals surface area contributed by atoms with Gasteiger partial charge in [-0.2, -0.15) is 11.8 Å². The fourth-order valence-electron chi connectivity index (χ4n) is 2.99. The highest BCUT2D eigenvalue weighted by molar-refractivity contribution is 7.99. The standard InChI is InChI=1S/C19H21NO4S/c1-13(17(21)20-19(18(22)23)9-11-25-12-10-19)24-16-8-4-6-14-5-2-3-7-15(14)16/h2-8,13H,9-12H2,1H3,(H,20,21)(H,22,23). The monoisotopic (exact) mass is 359 g/mol. The van der Waals surface area contributed by atoms with Gasteiger partial charge in [0, 0.05) is 5.39 Å². The van der Waals surface area contributed by atoms with Crippen LogP contribution in [0.25, 0.3) is 10.8 Å². The minimum Gasteiger partial charge on any atom is -0.480 e. The highest BCUT2D eigenvalue weighted by Crippen LogP contribution is 2.29. The number of nitrogens with one attached hydrogen (secondary N) is 1. The van der Waals surface area contributed by atoms with E-state index in [4.69, 9.17) is 4.74 Å². The van der Waals surface area contributed by atoms with Crippen molar-refractivity contribution in [2.45, 2.75) is 31.4 Å². The zero-order valence-corrected chi connectivity index (χ0v) is 14.8. The summed E-state index contributed by atoms with van der Waals surface area (Å²) in [5.74, 6) is 0.695. The average molecular weight is 359 g/mol. The Morgan fingerprint density at radius 1 is 1.16 bits per heavy atom. The fraction of sp³-hybridized carbons (Fsp3) is 0.368. The van der Waals surface area contributed by atoms with Gasteiger partial charge in [-0.3, -0.25) is 4.79 Å². The summed E-state index contributed by atoms with van der Waals surface area (Å²) >= 11 is 1.71. The lowest BCUT2D eigenvalue weighted by atomic mass is 9.92. The SMILES string of the molecule is CC(Oc1cccc2ccccc12)C(=O)NC1(C(=O)O)CCSCC1. The first-order valence-electron chi connectivity index (χ1n) is 8.29. The van der Waals surface area contributed by atoms with Gasteiger partial charge in [0.2, 0.25) is 0 Å². The number of carbonyl (C=O) groups is 2. The molecule has 1 unspecified atom stereocenters. The van der Waals surface area contributed by atoms with Crippen molar-refractivity contribution in [2.24, 2.45) is 0 Å². The van der Waals surface area contributed by atoms with E-state index in [1.165, 1.54) is 0 Å². The number of carboxylic acids is 1. The first-order chi connectivity index (χ1) is 12.0. The van der Waals surface area contributed by atoms with Gasteiger partial charge in [0.05, 0.1) is 0 Å². The Morgan fingerprint density at radius 2 is 1.84 bits per heavy atom. The van der Waals surface area contributed by atoms with Crippen LogP contribution in [0.3, 0.4) is 0 Å². The highest BCUT2D eigenvalue weighted by atomic mass is 32.2. The number of aliphatic carboxylic acids is 1. The minimum absolute atomic E-state index is 0.401. The summed E-state index contributed by atoms with van der Waals surface area (Å²) in [4.78, 5) is 24.3. The molecule has 0 aliphatic carbocycles. The van der Waals surface area contributed by atoms with E-state index in [1.807, 2.05) is 42.5 Å². The Morgan fingerprint density at radius 3 is 2.56 bits per heavy atom. The largest absolute Gasteiger partial charge is 0.480 e. The second-order valence-corrected chi connectivity index (χ2v) is 7.45. The molecule has 1 fully saturated rings. The molecule has 1 aliphatic heterocycles. The molecule has 2 aromatic carbocycles. The lowest BCUT2D eigenvalue weighted by Crippen LogP contribution is -2.58. The van der Waals surface area contributed by atoms with E-state index in [1.54, 1.807) is 18.7 Å². The van der Waals surface area contributed by atoms with E-state index < -0.39 is 23.5 Å². The van der Waals surface area contributed by atoms with Gasteiger partial charge in [-0.25, -0.2) is 4.79 Å². The number of fused-ring (bicyclic) bond motifs is 1. The first-order valence-corrected chi connectivity index (χ1v) is 9.45. The van der Waals surface area contributed by atoms with E-state index in [-0.39, 0.29) is 0 Å². The number of amides is 1. The van der Waals surface area contributed by atoms with Crippen molar-refractivity contribution in [1.82, 2.24) is 5.32 Å². The number of carbonyl (C=O) groups excluding carboxylic acids is 1. The maximum atomic E-state index is 12.6. The summed E-state index contributed by atoms with van der Waals surface area (Å²) in [6.07, 6.45) is 0.0797. The predicted octanol–water partition coefficient (Wildman–Crippen LogP) is 3.07. The van der Waals surface area contributed by atoms with Gasteiger partial charge >= 0.3 is 5.97 Å². The molecule has 0 aromatic heterocycles. The molecule has 2 N–H and O–H groups in total. The Hall–Kier alpha value is -2.21. The molecule has 1 amide bonds. The summed E-state index contributed by atoms with van der Waals surface area (Å²) in [7, 11) is 0. The normalized spacial score (nSPS) is 17.6. The second kappa shape index (κ2) is 7.35. The van der Waals surface area contributed by atoms with Crippen molar-refractivity contribution in [3.05, 3.63) is 42.5 Å². The van der Waals surface area contributed by atoms with Gasteiger partial charge in [-0.1, -0.05) is 36.4 Å². The van der Waals surface area contributed by atoms with Crippen LogP contribution in [0.4, 0.5) is 0 Å². The lowest BCUT2D eigenvalue weighted by molar-refractivity contribution is -0.149. The van der Waals surface area contributed by atoms with Gasteiger partial charge in [-0.05, 0) is 42.7 Å². The molecule has 0 spiro atoms. The van der Waals surface area contributed by atoms with E-state index in [2.05, 4.69) is 5.32 Å². The van der Waals surface area contributed by atoms with Crippen LogP contribution in [-0.4, -0.2) is 40.1 Å². The molecule has 25 heavy (non-hydrogen) atoms. The molecule has 0 bridgehead atoms. The predicted molar refractivity (Wildman–Crippen MR) is 99.1 cm³/mol. The summed E-state index contributed by atoms with van der Waals surface area (Å²) in [5.41, 5.74) is -1.18. The third-order valence-corrected chi connectivity index (χ3v) is 5.53. The van der Waals surface area contributed by atoms with Gasteiger partial charge in [0.1, 0.15) is 11.3 Å². The summed E-state index contributed by atoms with van der Waals surface area (Å²) in [5, 5.41) is 14.3. The van der Waals surface area contributed by atoms with Gasteiger partial charge in [0.15, 0.2) is 6.10 Å². The average Bonchev–Trinajstić information content (AvgIpc) is 2.62. The molecule has 0 saturated carbocycles. The molecule has 1 atom stereocenters. The molecule has 5 nitrogen and oxygen atoms in total.